The molecule has 104 valence electrons. The topological polar surface area (TPSA) is 116 Å². The molecule has 1 atom stereocenters. The van der Waals surface area contributed by atoms with E-state index in [1.807, 2.05) is 0 Å². The molecule has 9 heteroatoms. The Hall–Kier alpha value is -1.71. The van der Waals surface area contributed by atoms with Crippen LogP contribution in [0, 0.1) is 0 Å². The zero-order valence-electron chi connectivity index (χ0n) is 10.6. The lowest BCUT2D eigenvalue weighted by atomic mass is 10.3. The highest BCUT2D eigenvalue weighted by molar-refractivity contribution is 7.89. The number of nitrogens with two attached hydrogens (primary N) is 1. The van der Waals surface area contributed by atoms with Gasteiger partial charge in [0.2, 0.25) is 5.09 Å². The molecule has 1 unspecified atom stereocenters. The van der Waals surface area contributed by atoms with Gasteiger partial charge in [0.1, 0.15) is 17.9 Å². The predicted molar refractivity (Wildman–Crippen MR) is 66.3 cm³/mol. The third kappa shape index (κ3) is 2.83. The maximum absolute atomic E-state index is 12.1. The molecule has 0 radical (unpaired) electrons. The summed E-state index contributed by atoms with van der Waals surface area (Å²) in [6.07, 6.45) is 1.50. The van der Waals surface area contributed by atoms with Crippen LogP contribution in [0.5, 0.6) is 0 Å². The van der Waals surface area contributed by atoms with Crippen molar-refractivity contribution < 1.29 is 12.8 Å². The van der Waals surface area contributed by atoms with Crippen LogP contribution in [0.4, 0.5) is 0 Å². The summed E-state index contributed by atoms with van der Waals surface area (Å²) in [6.45, 7) is 1.82. The minimum atomic E-state index is -3.74. The first-order chi connectivity index (χ1) is 8.94. The molecule has 2 heterocycles. The normalized spacial score (nSPS) is 13.6. The fraction of sp³-hybridized carbons (Fsp3) is 0.400. The van der Waals surface area contributed by atoms with E-state index < -0.39 is 16.1 Å². The summed E-state index contributed by atoms with van der Waals surface area (Å²) < 4.78 is 33.4. The second-order valence-corrected chi connectivity index (χ2v) is 5.71. The molecule has 0 aliphatic carbocycles. The minimum Gasteiger partial charge on any atom is -0.447 e. The smallest absolute Gasteiger partial charge is 0.274 e. The third-order valence-electron chi connectivity index (χ3n) is 2.57. The molecule has 0 aliphatic rings. The summed E-state index contributed by atoms with van der Waals surface area (Å²) in [5.74, 6) is 0.917. The van der Waals surface area contributed by atoms with Gasteiger partial charge in [-0.25, -0.2) is 8.42 Å². The Morgan fingerprint density at radius 1 is 1.53 bits per heavy atom. The van der Waals surface area contributed by atoms with Crippen LogP contribution in [-0.2, 0) is 23.6 Å². The van der Waals surface area contributed by atoms with Crippen molar-refractivity contribution >= 4 is 10.0 Å². The first-order valence-electron chi connectivity index (χ1n) is 5.59. The summed E-state index contributed by atoms with van der Waals surface area (Å²) in [4.78, 5) is 0. The van der Waals surface area contributed by atoms with Crippen molar-refractivity contribution in [2.45, 2.75) is 24.6 Å². The SMILES string of the molecule is CC(NS(=O)(=O)c1ccc(CN)o1)c1nncn1C. The fourth-order valence-corrected chi connectivity index (χ4v) is 2.79. The average molecular weight is 285 g/mol. The van der Waals surface area contributed by atoms with Crippen LogP contribution in [0.25, 0.3) is 0 Å². The molecular formula is C10H15N5O3S. The molecule has 0 fully saturated rings. The standard InChI is InChI=1S/C10H15N5O3S/c1-7(10-13-12-6-15(10)2)14-19(16,17)9-4-3-8(5-11)18-9/h3-4,6-7,14H,5,11H2,1-2H3. The Kier molecular flexibility index (Phi) is 3.69. The second-order valence-electron chi connectivity index (χ2n) is 4.07. The summed E-state index contributed by atoms with van der Waals surface area (Å²) in [7, 11) is -2.01. The minimum absolute atomic E-state index is 0.147. The highest BCUT2D eigenvalue weighted by Gasteiger charge is 2.23. The quantitative estimate of drug-likeness (QED) is 0.793. The molecule has 0 spiro atoms. The molecule has 0 aliphatic heterocycles. The van der Waals surface area contributed by atoms with Gasteiger partial charge >= 0.3 is 0 Å². The van der Waals surface area contributed by atoms with E-state index in [4.69, 9.17) is 10.2 Å². The number of aromatic nitrogens is 3. The van der Waals surface area contributed by atoms with Crippen molar-refractivity contribution in [2.75, 3.05) is 0 Å². The Balaban J connectivity index is 2.20. The monoisotopic (exact) mass is 285 g/mol. The Labute approximate surface area is 110 Å². The van der Waals surface area contributed by atoms with Crippen molar-refractivity contribution in [1.29, 1.82) is 0 Å². The number of sulfonamides is 1. The van der Waals surface area contributed by atoms with Gasteiger partial charge < -0.3 is 14.7 Å². The van der Waals surface area contributed by atoms with Crippen molar-refractivity contribution in [3.05, 3.63) is 30.0 Å². The lowest BCUT2D eigenvalue weighted by Crippen LogP contribution is -2.28. The molecule has 2 rings (SSSR count). The largest absolute Gasteiger partial charge is 0.447 e. The summed E-state index contributed by atoms with van der Waals surface area (Å²) in [6, 6.07) is 2.37. The number of furan rings is 1. The Morgan fingerprint density at radius 2 is 2.26 bits per heavy atom. The number of hydrogen-bond donors (Lipinski definition) is 2. The first-order valence-corrected chi connectivity index (χ1v) is 7.07. The number of hydrogen-bond acceptors (Lipinski definition) is 6. The van der Waals surface area contributed by atoms with Crippen molar-refractivity contribution in [2.24, 2.45) is 12.8 Å². The zero-order chi connectivity index (χ0) is 14.0. The molecule has 8 nitrogen and oxygen atoms in total. The second kappa shape index (κ2) is 5.11. The Morgan fingerprint density at radius 3 is 2.79 bits per heavy atom. The number of nitrogens with one attached hydrogen (secondary N) is 1. The van der Waals surface area contributed by atoms with Gasteiger partial charge in [-0.3, -0.25) is 0 Å². The maximum Gasteiger partial charge on any atom is 0.274 e. The van der Waals surface area contributed by atoms with E-state index in [2.05, 4.69) is 14.9 Å². The summed E-state index contributed by atoms with van der Waals surface area (Å²) in [5, 5.41) is 7.39. The fourth-order valence-electron chi connectivity index (χ4n) is 1.64. The average Bonchev–Trinajstić information content (AvgIpc) is 2.96. The van der Waals surface area contributed by atoms with Gasteiger partial charge in [0.05, 0.1) is 12.6 Å². The molecular weight excluding hydrogens is 270 g/mol. The van der Waals surface area contributed by atoms with E-state index in [1.54, 1.807) is 18.5 Å². The first kappa shape index (κ1) is 13.7. The van der Waals surface area contributed by atoms with Crippen LogP contribution in [0.3, 0.4) is 0 Å². The van der Waals surface area contributed by atoms with E-state index >= 15 is 0 Å². The molecule has 0 aromatic carbocycles. The van der Waals surface area contributed by atoms with Gasteiger partial charge in [-0.1, -0.05) is 0 Å². The molecule has 0 amide bonds. The summed E-state index contributed by atoms with van der Waals surface area (Å²) in [5.41, 5.74) is 5.37. The van der Waals surface area contributed by atoms with Gasteiger partial charge in [-0.05, 0) is 19.1 Å². The van der Waals surface area contributed by atoms with Crippen LogP contribution >= 0.6 is 0 Å². The Bertz CT molecular complexity index is 660. The van der Waals surface area contributed by atoms with Crippen molar-refractivity contribution in [3.8, 4) is 0 Å². The predicted octanol–water partition coefficient (Wildman–Crippen LogP) is -0.0937. The molecule has 0 saturated heterocycles. The van der Waals surface area contributed by atoms with Crippen LogP contribution in [0.2, 0.25) is 0 Å². The molecule has 2 aromatic heterocycles. The molecule has 0 bridgehead atoms. The van der Waals surface area contributed by atoms with Gasteiger partial charge in [0.25, 0.3) is 10.0 Å². The van der Waals surface area contributed by atoms with Gasteiger partial charge in [-0.2, -0.15) is 4.72 Å². The molecule has 0 saturated carbocycles. The number of rotatable bonds is 5. The number of aryl methyl sites for hydroxylation is 1. The molecule has 2 aromatic rings. The highest BCUT2D eigenvalue weighted by atomic mass is 32.2. The van der Waals surface area contributed by atoms with Gasteiger partial charge in [-0.15, -0.1) is 10.2 Å². The lowest BCUT2D eigenvalue weighted by molar-refractivity contribution is 0.410. The van der Waals surface area contributed by atoms with Crippen molar-refractivity contribution in [1.82, 2.24) is 19.5 Å². The van der Waals surface area contributed by atoms with E-state index in [0.717, 1.165) is 0 Å². The molecule has 19 heavy (non-hydrogen) atoms. The van der Waals surface area contributed by atoms with Crippen LogP contribution in [0.15, 0.2) is 28.0 Å². The lowest BCUT2D eigenvalue weighted by Gasteiger charge is -2.11. The van der Waals surface area contributed by atoms with Crippen LogP contribution in [-0.4, -0.2) is 23.2 Å². The number of nitrogens with zero attached hydrogens (tertiary/aromatic N) is 3. The van der Waals surface area contributed by atoms with Crippen molar-refractivity contribution in [3.63, 3.8) is 0 Å². The van der Waals surface area contributed by atoms with Crippen LogP contribution in [0.1, 0.15) is 24.6 Å². The van der Waals surface area contributed by atoms with E-state index in [0.29, 0.717) is 11.6 Å². The maximum atomic E-state index is 12.1. The van der Waals surface area contributed by atoms with E-state index in [9.17, 15) is 8.42 Å². The summed E-state index contributed by atoms with van der Waals surface area (Å²) >= 11 is 0. The van der Waals surface area contributed by atoms with Gasteiger partial charge in [0.15, 0.2) is 0 Å². The molecule has 3 N–H and O–H groups in total. The third-order valence-corrected chi connectivity index (χ3v) is 3.98. The van der Waals surface area contributed by atoms with E-state index in [1.165, 1.54) is 18.5 Å². The highest BCUT2D eigenvalue weighted by Crippen LogP contribution is 2.17. The zero-order valence-corrected chi connectivity index (χ0v) is 11.4. The van der Waals surface area contributed by atoms with E-state index in [-0.39, 0.29) is 11.6 Å². The van der Waals surface area contributed by atoms with Gasteiger partial charge in [0, 0.05) is 7.05 Å². The van der Waals surface area contributed by atoms with Crippen LogP contribution < -0.4 is 10.5 Å².